The average molecular weight is 396 g/mol. The van der Waals surface area contributed by atoms with E-state index in [1.165, 1.54) is 0 Å². The van der Waals surface area contributed by atoms with Crippen LogP contribution in [0.5, 0.6) is 0 Å². The molecule has 2 aromatic heterocycles. The Labute approximate surface area is 165 Å². The number of para-hydroxylation sites is 1. The van der Waals surface area contributed by atoms with Crippen LogP contribution in [0.4, 0.5) is 11.4 Å². The van der Waals surface area contributed by atoms with Crippen LogP contribution in [0.3, 0.4) is 0 Å². The largest absolute Gasteiger partial charge is 0.417 e. The van der Waals surface area contributed by atoms with Gasteiger partial charge in [0.1, 0.15) is 0 Å². The Bertz CT molecular complexity index is 1200. The molecule has 0 radical (unpaired) electrons. The van der Waals surface area contributed by atoms with E-state index in [0.717, 1.165) is 61.4 Å². The fourth-order valence-electron chi connectivity index (χ4n) is 3.27. The zero-order valence-electron chi connectivity index (χ0n) is 15.9. The summed E-state index contributed by atoms with van der Waals surface area (Å²) in [6.45, 7) is 3.35. The number of fused-ring (bicyclic) bond motifs is 2. The first-order chi connectivity index (χ1) is 14.2. The van der Waals surface area contributed by atoms with Crippen molar-refractivity contribution in [3.05, 3.63) is 57.4 Å². The molecule has 0 spiro atoms. The van der Waals surface area contributed by atoms with Crippen molar-refractivity contribution < 1.29 is 4.42 Å². The molecule has 9 heteroatoms. The van der Waals surface area contributed by atoms with Crippen LogP contribution >= 0.6 is 0 Å². The van der Waals surface area contributed by atoms with Crippen molar-refractivity contribution in [2.75, 3.05) is 36.8 Å². The number of aromatic nitrogens is 3. The highest BCUT2D eigenvalue weighted by Crippen LogP contribution is 2.20. The fraction of sp³-hybridized carbons (Fsp3) is 0.300. The van der Waals surface area contributed by atoms with Gasteiger partial charge in [0, 0.05) is 25.3 Å². The lowest BCUT2D eigenvalue weighted by Crippen LogP contribution is -2.23. The predicted molar refractivity (Wildman–Crippen MR) is 115 cm³/mol. The smallest absolute Gasteiger partial charge is 0.406 e. The van der Waals surface area contributed by atoms with Gasteiger partial charge in [-0.15, -0.1) is 0 Å². The van der Waals surface area contributed by atoms with Gasteiger partial charge in [-0.25, -0.2) is 9.59 Å². The first kappa shape index (κ1) is 18.9. The summed E-state index contributed by atoms with van der Waals surface area (Å²) in [5, 5.41) is 10.1. The van der Waals surface area contributed by atoms with Crippen molar-refractivity contribution in [2.45, 2.75) is 12.8 Å². The maximum absolute atomic E-state index is 11.3. The third-order valence-corrected chi connectivity index (χ3v) is 4.69. The summed E-state index contributed by atoms with van der Waals surface area (Å²) in [5.74, 6) is -0.442. The summed E-state index contributed by atoms with van der Waals surface area (Å²) in [6.07, 6.45) is 2.09. The van der Waals surface area contributed by atoms with E-state index < -0.39 is 5.76 Å². The number of anilines is 2. The van der Waals surface area contributed by atoms with Crippen molar-refractivity contribution >= 4 is 33.5 Å². The molecular weight excluding hydrogens is 372 g/mol. The number of H-pyrrole nitrogens is 3. The Morgan fingerprint density at radius 1 is 0.793 bits per heavy atom. The maximum Gasteiger partial charge on any atom is 0.417 e. The van der Waals surface area contributed by atoms with Crippen LogP contribution in [0.1, 0.15) is 12.8 Å². The molecule has 0 aliphatic carbocycles. The Balaban J connectivity index is 1.10. The fourth-order valence-corrected chi connectivity index (χ4v) is 3.27. The van der Waals surface area contributed by atoms with Gasteiger partial charge in [-0.05, 0) is 49.7 Å². The Hall–Kier alpha value is -3.46. The maximum atomic E-state index is 11.3. The lowest BCUT2D eigenvalue weighted by molar-refractivity contribution is 0.556. The predicted octanol–water partition coefficient (Wildman–Crippen LogP) is 2.18. The van der Waals surface area contributed by atoms with Crippen LogP contribution in [-0.4, -0.2) is 41.1 Å². The second-order valence-corrected chi connectivity index (χ2v) is 6.85. The van der Waals surface area contributed by atoms with Gasteiger partial charge in [-0.3, -0.25) is 4.98 Å². The summed E-state index contributed by atoms with van der Waals surface area (Å²) in [7, 11) is 0. The van der Waals surface area contributed by atoms with Crippen molar-refractivity contribution in [3.63, 3.8) is 0 Å². The van der Waals surface area contributed by atoms with E-state index in [1.807, 2.05) is 36.4 Å². The number of benzene rings is 2. The third-order valence-electron chi connectivity index (χ3n) is 4.69. The number of hydrogen-bond donors (Lipinski definition) is 6. The second-order valence-electron chi connectivity index (χ2n) is 6.85. The highest BCUT2D eigenvalue weighted by atomic mass is 16.4. The second kappa shape index (κ2) is 8.70. The number of aromatic amines is 3. The standard InChI is InChI=1S/C20H24N6O3/c27-19-24-14-7-6-13(12-17(14)25-19)22-9-2-1-8-21-10-11-23-15-4-3-5-16-18(15)29-20(28)26-16/h3-7,12,21-23H,1-2,8-11H2,(H,26,28)(H2,24,25,27). The number of imidazole rings is 1. The van der Waals surface area contributed by atoms with Crippen molar-refractivity contribution in [1.82, 2.24) is 20.3 Å². The molecule has 0 amide bonds. The zero-order chi connectivity index (χ0) is 20.1. The van der Waals surface area contributed by atoms with E-state index >= 15 is 0 Å². The Kier molecular flexibility index (Phi) is 5.66. The molecule has 29 heavy (non-hydrogen) atoms. The summed E-state index contributed by atoms with van der Waals surface area (Å²) in [4.78, 5) is 30.7. The molecule has 152 valence electrons. The molecule has 4 aromatic rings. The van der Waals surface area contributed by atoms with Crippen LogP contribution < -0.4 is 27.4 Å². The van der Waals surface area contributed by atoms with Gasteiger partial charge < -0.3 is 30.3 Å². The summed E-state index contributed by atoms with van der Waals surface area (Å²) in [6, 6.07) is 11.4. The number of nitrogens with one attached hydrogen (secondary N) is 6. The van der Waals surface area contributed by atoms with Gasteiger partial charge in [-0.1, -0.05) is 6.07 Å². The van der Waals surface area contributed by atoms with E-state index in [1.54, 1.807) is 0 Å². The molecule has 0 aliphatic rings. The molecule has 9 nitrogen and oxygen atoms in total. The quantitative estimate of drug-likeness (QED) is 0.228. The van der Waals surface area contributed by atoms with Crippen LogP contribution in [-0.2, 0) is 0 Å². The first-order valence-corrected chi connectivity index (χ1v) is 9.71. The third kappa shape index (κ3) is 4.69. The molecule has 0 fully saturated rings. The van der Waals surface area contributed by atoms with E-state index in [-0.39, 0.29) is 5.69 Å². The van der Waals surface area contributed by atoms with Crippen LogP contribution in [0, 0.1) is 0 Å². The van der Waals surface area contributed by atoms with Crippen LogP contribution in [0.25, 0.3) is 22.1 Å². The molecule has 0 saturated carbocycles. The minimum absolute atomic E-state index is 0.188. The molecule has 2 heterocycles. The lowest BCUT2D eigenvalue weighted by Gasteiger charge is -2.09. The van der Waals surface area contributed by atoms with E-state index in [4.69, 9.17) is 4.42 Å². The monoisotopic (exact) mass is 396 g/mol. The molecule has 2 aromatic carbocycles. The molecule has 0 unspecified atom stereocenters. The van der Waals surface area contributed by atoms with Gasteiger partial charge in [-0.2, -0.15) is 0 Å². The van der Waals surface area contributed by atoms with Gasteiger partial charge in [0.15, 0.2) is 5.58 Å². The van der Waals surface area contributed by atoms with E-state index in [2.05, 4.69) is 30.9 Å². The van der Waals surface area contributed by atoms with E-state index in [0.29, 0.717) is 11.1 Å². The van der Waals surface area contributed by atoms with Crippen molar-refractivity contribution in [1.29, 1.82) is 0 Å². The lowest BCUT2D eigenvalue weighted by atomic mass is 10.2. The van der Waals surface area contributed by atoms with Gasteiger partial charge in [0.2, 0.25) is 0 Å². The molecule has 0 saturated heterocycles. The van der Waals surface area contributed by atoms with Gasteiger partial charge >= 0.3 is 11.4 Å². The topological polar surface area (TPSA) is 131 Å². The highest BCUT2D eigenvalue weighted by molar-refractivity contribution is 5.85. The molecule has 0 aliphatic heterocycles. The van der Waals surface area contributed by atoms with Crippen molar-refractivity contribution in [3.8, 4) is 0 Å². The normalized spacial score (nSPS) is 11.3. The SMILES string of the molecule is O=c1[nH]c2ccc(NCCCCNCCNc3cccc4[nH]c(=O)oc34)cc2[nH]1. The summed E-state index contributed by atoms with van der Waals surface area (Å²) in [5.41, 5.74) is 4.50. The molecular formula is C20H24N6O3. The van der Waals surface area contributed by atoms with Crippen LogP contribution in [0.2, 0.25) is 0 Å². The minimum Gasteiger partial charge on any atom is -0.406 e. The Morgan fingerprint density at radius 2 is 1.66 bits per heavy atom. The first-order valence-electron chi connectivity index (χ1n) is 9.71. The van der Waals surface area contributed by atoms with Gasteiger partial charge in [0.05, 0.1) is 22.2 Å². The molecule has 0 atom stereocenters. The summed E-state index contributed by atoms with van der Waals surface area (Å²) >= 11 is 0. The highest BCUT2D eigenvalue weighted by Gasteiger charge is 2.05. The minimum atomic E-state index is -0.442. The number of oxazole rings is 1. The van der Waals surface area contributed by atoms with E-state index in [9.17, 15) is 9.59 Å². The molecule has 6 N–H and O–H groups in total. The van der Waals surface area contributed by atoms with Gasteiger partial charge in [0.25, 0.3) is 0 Å². The number of hydrogen-bond acceptors (Lipinski definition) is 6. The molecule has 0 bridgehead atoms. The zero-order valence-corrected chi connectivity index (χ0v) is 15.9. The summed E-state index contributed by atoms with van der Waals surface area (Å²) < 4.78 is 5.16. The van der Waals surface area contributed by atoms with Crippen LogP contribution in [0.15, 0.2) is 50.4 Å². The van der Waals surface area contributed by atoms with Crippen molar-refractivity contribution in [2.24, 2.45) is 0 Å². The number of unbranched alkanes of at least 4 members (excludes halogenated alkanes) is 1. The average Bonchev–Trinajstić information content (AvgIpc) is 3.27. The molecule has 4 rings (SSSR count). The number of rotatable bonds is 10. The Morgan fingerprint density at radius 3 is 2.59 bits per heavy atom.